The number of hydrogen-bond donors (Lipinski definition) is 1. The molecule has 166 valence electrons. The minimum Gasteiger partial charge on any atom is -0.493 e. The second-order valence-electron chi connectivity index (χ2n) is 7.04. The zero-order chi connectivity index (χ0) is 23.1. The number of carbonyl (C=O) groups is 1. The summed E-state index contributed by atoms with van der Waals surface area (Å²) in [5.74, 6) is -1.25. The van der Waals surface area contributed by atoms with Crippen molar-refractivity contribution in [2.24, 2.45) is 22.6 Å². The van der Waals surface area contributed by atoms with Gasteiger partial charge in [0.25, 0.3) is 0 Å². The number of methoxy groups -OCH3 is 3. The molecule has 2 N–H and O–H groups in total. The first-order chi connectivity index (χ1) is 14.8. The van der Waals surface area contributed by atoms with E-state index in [2.05, 4.69) is 17.1 Å². The summed E-state index contributed by atoms with van der Waals surface area (Å²) in [6.45, 7) is 3.52. The second-order valence-corrected chi connectivity index (χ2v) is 8.15. The lowest BCUT2D eigenvalue weighted by atomic mass is 9.75. The lowest BCUT2D eigenvalue weighted by molar-refractivity contribution is -0.144. The van der Waals surface area contributed by atoms with Crippen molar-refractivity contribution in [1.29, 1.82) is 10.5 Å². The third-order valence-electron chi connectivity index (χ3n) is 4.75. The van der Waals surface area contributed by atoms with Gasteiger partial charge in [-0.1, -0.05) is 0 Å². The van der Waals surface area contributed by atoms with E-state index in [9.17, 15) is 15.3 Å². The largest absolute Gasteiger partial charge is 0.493 e. The van der Waals surface area contributed by atoms with E-state index in [0.29, 0.717) is 22.8 Å². The minimum atomic E-state index is -0.827. The van der Waals surface area contributed by atoms with Crippen LogP contribution in [0.3, 0.4) is 0 Å². The summed E-state index contributed by atoms with van der Waals surface area (Å²) in [4.78, 5) is 16.3. The zero-order valence-electron chi connectivity index (χ0n) is 18.1. The summed E-state index contributed by atoms with van der Waals surface area (Å²) in [6, 6.07) is 7.82. The van der Waals surface area contributed by atoms with E-state index < -0.39 is 29.1 Å². The van der Waals surface area contributed by atoms with Gasteiger partial charge in [-0.05, 0) is 31.5 Å². The second kappa shape index (κ2) is 10.8. The van der Waals surface area contributed by atoms with E-state index in [0.717, 1.165) is 11.8 Å². The van der Waals surface area contributed by atoms with Crippen LogP contribution in [0.2, 0.25) is 0 Å². The van der Waals surface area contributed by atoms with Crippen LogP contribution in [0.4, 0.5) is 0 Å². The number of ether oxygens (including phenoxy) is 4. The van der Waals surface area contributed by atoms with Crippen LogP contribution in [-0.2, 0) is 9.53 Å². The average Bonchev–Trinajstić information content (AvgIpc) is 2.75. The highest BCUT2D eigenvalue weighted by atomic mass is 32.2. The van der Waals surface area contributed by atoms with E-state index >= 15 is 0 Å². The van der Waals surface area contributed by atoms with Gasteiger partial charge >= 0.3 is 5.97 Å². The van der Waals surface area contributed by atoms with Crippen molar-refractivity contribution in [2.75, 3.05) is 27.1 Å². The number of rotatable bonds is 8. The number of thioether (sulfide) groups is 1. The molecule has 0 radical (unpaired) electrons. The SMILES string of the molecule is COc1cc(C2C(C#N)C(N)=NC(SCC(=O)OC(C)C)C2C#N)cc(OC)c1OC. The Hall–Kier alpha value is -3.11. The number of amidine groups is 1. The molecule has 9 nitrogen and oxygen atoms in total. The van der Waals surface area contributed by atoms with Gasteiger partial charge in [0.1, 0.15) is 17.1 Å². The molecule has 0 bridgehead atoms. The lowest BCUT2D eigenvalue weighted by Gasteiger charge is -2.34. The van der Waals surface area contributed by atoms with E-state index in [1.165, 1.54) is 21.3 Å². The van der Waals surface area contributed by atoms with E-state index in [-0.39, 0.29) is 17.7 Å². The van der Waals surface area contributed by atoms with Gasteiger partial charge in [-0.2, -0.15) is 10.5 Å². The molecular formula is C21H26N4O5S. The standard InChI is InChI=1S/C21H26N4O5S/c1-11(2)30-17(26)10-31-21-14(9-23)18(13(8-22)20(24)25-21)12-6-15(27-3)19(29-5)16(7-12)28-4/h6-7,11,13-14,18,21H,10H2,1-5H3,(H2,24,25). The van der Waals surface area contributed by atoms with Gasteiger partial charge in [0, 0.05) is 5.92 Å². The van der Waals surface area contributed by atoms with Crippen molar-refractivity contribution in [3.8, 4) is 29.4 Å². The van der Waals surface area contributed by atoms with E-state index in [4.69, 9.17) is 24.7 Å². The van der Waals surface area contributed by atoms with Gasteiger partial charge < -0.3 is 24.7 Å². The van der Waals surface area contributed by atoms with Crippen molar-refractivity contribution in [3.05, 3.63) is 17.7 Å². The fraction of sp³-hybridized carbons (Fsp3) is 0.524. The van der Waals surface area contributed by atoms with Crippen molar-refractivity contribution < 1.29 is 23.7 Å². The van der Waals surface area contributed by atoms with Crippen LogP contribution in [0.5, 0.6) is 17.2 Å². The highest BCUT2D eigenvalue weighted by molar-refractivity contribution is 8.00. The van der Waals surface area contributed by atoms with Crippen LogP contribution < -0.4 is 19.9 Å². The Balaban J connectivity index is 2.48. The lowest BCUT2D eigenvalue weighted by Crippen LogP contribution is -2.41. The molecule has 0 spiro atoms. The first kappa shape index (κ1) is 24.2. The maximum absolute atomic E-state index is 12.0. The number of aliphatic imine (C=N–C) groups is 1. The minimum absolute atomic E-state index is 0.0109. The number of esters is 1. The first-order valence-corrected chi connectivity index (χ1v) is 10.6. The molecule has 2 rings (SSSR count). The molecule has 4 atom stereocenters. The number of hydrogen-bond acceptors (Lipinski definition) is 10. The Morgan fingerprint density at radius 3 is 2.23 bits per heavy atom. The topological polar surface area (TPSA) is 140 Å². The van der Waals surface area contributed by atoms with Crippen molar-refractivity contribution in [3.63, 3.8) is 0 Å². The van der Waals surface area contributed by atoms with E-state index in [1.807, 2.05) is 0 Å². The average molecular weight is 447 g/mol. The molecule has 31 heavy (non-hydrogen) atoms. The Bertz CT molecular complexity index is 896. The molecule has 1 aliphatic heterocycles. The number of benzene rings is 1. The molecule has 1 aromatic rings. The molecule has 0 saturated heterocycles. The van der Waals surface area contributed by atoms with Gasteiger partial charge in [-0.3, -0.25) is 9.79 Å². The fourth-order valence-corrected chi connectivity index (χ4v) is 4.46. The molecule has 0 aliphatic carbocycles. The summed E-state index contributed by atoms with van der Waals surface area (Å²) in [5.41, 5.74) is 6.74. The van der Waals surface area contributed by atoms with Crippen molar-refractivity contribution in [2.45, 2.75) is 31.2 Å². The van der Waals surface area contributed by atoms with Gasteiger partial charge in [-0.25, -0.2) is 0 Å². The summed E-state index contributed by atoms with van der Waals surface area (Å²) in [6.07, 6.45) is -0.241. The van der Waals surface area contributed by atoms with Crippen LogP contribution >= 0.6 is 11.8 Å². The predicted molar refractivity (Wildman–Crippen MR) is 116 cm³/mol. The predicted octanol–water partition coefficient (Wildman–Crippen LogP) is 2.46. The summed E-state index contributed by atoms with van der Waals surface area (Å²) in [5, 5.41) is 19.1. The monoisotopic (exact) mass is 446 g/mol. The zero-order valence-corrected chi connectivity index (χ0v) is 18.9. The molecule has 10 heteroatoms. The van der Waals surface area contributed by atoms with Crippen LogP contribution in [0.1, 0.15) is 25.3 Å². The fourth-order valence-electron chi connectivity index (χ4n) is 3.45. The van der Waals surface area contributed by atoms with E-state index in [1.54, 1.807) is 26.0 Å². The quantitative estimate of drug-likeness (QED) is 0.596. The van der Waals surface area contributed by atoms with Crippen LogP contribution in [-0.4, -0.2) is 50.4 Å². The highest BCUT2D eigenvalue weighted by Crippen LogP contribution is 2.47. The normalized spacial score (nSPS) is 22.6. The third-order valence-corrected chi connectivity index (χ3v) is 5.89. The molecule has 1 aromatic carbocycles. The number of nitriles is 2. The Kier molecular flexibility index (Phi) is 8.40. The summed E-state index contributed by atoms with van der Waals surface area (Å²) >= 11 is 1.16. The molecule has 0 aromatic heterocycles. The maximum Gasteiger partial charge on any atom is 0.316 e. The molecule has 4 unspecified atom stereocenters. The van der Waals surface area contributed by atoms with Crippen LogP contribution in [0.25, 0.3) is 0 Å². The Morgan fingerprint density at radius 1 is 1.16 bits per heavy atom. The smallest absolute Gasteiger partial charge is 0.316 e. The Morgan fingerprint density at radius 2 is 1.77 bits per heavy atom. The maximum atomic E-state index is 12.0. The number of nitrogens with zero attached hydrogens (tertiary/aromatic N) is 3. The van der Waals surface area contributed by atoms with Gasteiger partial charge in [0.15, 0.2) is 11.5 Å². The van der Waals surface area contributed by atoms with Gasteiger partial charge in [0.05, 0.1) is 51.2 Å². The molecule has 1 heterocycles. The molecule has 0 fully saturated rings. The molecule has 0 amide bonds. The number of carbonyl (C=O) groups excluding carboxylic acids is 1. The van der Waals surface area contributed by atoms with Crippen LogP contribution in [0.15, 0.2) is 17.1 Å². The molecule has 0 saturated carbocycles. The van der Waals surface area contributed by atoms with Gasteiger partial charge in [0.2, 0.25) is 5.75 Å². The molecule has 1 aliphatic rings. The van der Waals surface area contributed by atoms with Gasteiger partial charge in [-0.15, -0.1) is 11.8 Å². The van der Waals surface area contributed by atoms with Crippen molar-refractivity contribution in [1.82, 2.24) is 0 Å². The number of nitrogens with two attached hydrogens (primary N) is 1. The molecular weight excluding hydrogens is 420 g/mol. The summed E-state index contributed by atoms with van der Waals surface area (Å²) in [7, 11) is 4.46. The van der Waals surface area contributed by atoms with Crippen LogP contribution in [0, 0.1) is 34.5 Å². The third kappa shape index (κ3) is 5.33. The highest BCUT2D eigenvalue weighted by Gasteiger charge is 2.43. The first-order valence-electron chi connectivity index (χ1n) is 9.54. The van der Waals surface area contributed by atoms with Crippen molar-refractivity contribution >= 4 is 23.6 Å². The summed E-state index contributed by atoms with van der Waals surface area (Å²) < 4.78 is 21.4. The Labute approximate surface area is 186 Å².